The van der Waals surface area contributed by atoms with Crippen LogP contribution in [0.3, 0.4) is 0 Å². The Morgan fingerprint density at radius 2 is 2.14 bits per heavy atom. The summed E-state index contributed by atoms with van der Waals surface area (Å²) in [5.74, 6) is -0.782. The van der Waals surface area contributed by atoms with Crippen molar-refractivity contribution in [1.29, 1.82) is 0 Å². The number of carboxylic acids is 1. The molecule has 2 N–H and O–H groups in total. The van der Waals surface area contributed by atoms with Crippen molar-refractivity contribution in [1.82, 2.24) is 5.32 Å². The van der Waals surface area contributed by atoms with E-state index in [1.807, 2.05) is 0 Å². The van der Waals surface area contributed by atoms with Gasteiger partial charge < -0.3 is 15.2 Å². The van der Waals surface area contributed by atoms with Crippen LogP contribution in [0.5, 0.6) is 0 Å². The summed E-state index contributed by atoms with van der Waals surface area (Å²) in [5, 5.41) is 11.0. The third-order valence-electron chi connectivity index (χ3n) is 1.58. The topological polar surface area (TPSA) is 75.6 Å². The van der Waals surface area contributed by atoms with Crippen LogP contribution in [0.4, 0.5) is 0 Å². The van der Waals surface area contributed by atoms with Gasteiger partial charge in [0.25, 0.3) is 0 Å². The Morgan fingerprint density at radius 1 is 1.43 bits per heavy atom. The molecule has 0 aromatic carbocycles. The summed E-state index contributed by atoms with van der Waals surface area (Å²) in [5.41, 5.74) is 0. The number of carbonyl (C=O) groups is 2. The van der Waals surface area contributed by atoms with E-state index in [0.717, 1.165) is 0 Å². The molecule has 0 aromatic heterocycles. The van der Waals surface area contributed by atoms with Gasteiger partial charge in [0.2, 0.25) is 0 Å². The molecule has 0 aliphatic carbocycles. The van der Waals surface area contributed by atoms with Gasteiger partial charge in [-0.25, -0.2) is 0 Å². The number of ketones is 1. The molecule has 0 saturated carbocycles. The smallest absolute Gasteiger partial charge is 0.317 e. The molecule has 0 fully saturated rings. The molecule has 5 nitrogen and oxygen atoms in total. The lowest BCUT2D eigenvalue weighted by Crippen LogP contribution is -2.24. The number of hydrogen-bond acceptors (Lipinski definition) is 4. The van der Waals surface area contributed by atoms with Crippen LogP contribution in [-0.4, -0.2) is 43.2 Å². The van der Waals surface area contributed by atoms with Gasteiger partial charge in [0.1, 0.15) is 6.61 Å². The first-order chi connectivity index (χ1) is 6.66. The number of carboxylic acid groups (broad SMARTS) is 1. The first kappa shape index (κ1) is 13.1. The van der Waals surface area contributed by atoms with Crippen LogP contribution in [0, 0.1) is 0 Å². The summed E-state index contributed by atoms with van der Waals surface area (Å²) in [6.45, 7) is 2.99. The molecule has 0 aromatic rings. The molecule has 5 heteroatoms. The Bertz CT molecular complexity index is 182. The standard InChI is InChI=1S/C9H17NO4/c1-2-8(11)7-14-5-3-4-10-6-9(12)13/h10H,2-7H2,1H3,(H,12,13). The fraction of sp³-hybridized carbons (Fsp3) is 0.778. The predicted octanol–water partition coefficient (Wildman–Crippen LogP) is 0.0464. The lowest BCUT2D eigenvalue weighted by Gasteiger charge is -2.02. The Labute approximate surface area is 83.4 Å². The summed E-state index contributed by atoms with van der Waals surface area (Å²) < 4.78 is 5.06. The quantitative estimate of drug-likeness (QED) is 0.518. The normalized spacial score (nSPS) is 10.1. The number of carbonyl (C=O) groups excluding carboxylic acids is 1. The van der Waals surface area contributed by atoms with E-state index >= 15 is 0 Å². The third kappa shape index (κ3) is 9.15. The van der Waals surface area contributed by atoms with Crippen LogP contribution in [0.15, 0.2) is 0 Å². The number of rotatable bonds is 9. The Hall–Kier alpha value is -0.940. The average molecular weight is 203 g/mol. The van der Waals surface area contributed by atoms with E-state index < -0.39 is 5.97 Å². The van der Waals surface area contributed by atoms with Gasteiger partial charge in [0.15, 0.2) is 5.78 Å². The van der Waals surface area contributed by atoms with E-state index in [4.69, 9.17) is 9.84 Å². The molecule has 0 amide bonds. The molecule has 0 atom stereocenters. The van der Waals surface area contributed by atoms with Crippen molar-refractivity contribution in [3.05, 3.63) is 0 Å². The predicted molar refractivity (Wildman–Crippen MR) is 51.2 cm³/mol. The highest BCUT2D eigenvalue weighted by molar-refractivity contribution is 5.79. The van der Waals surface area contributed by atoms with Crippen molar-refractivity contribution in [3.8, 4) is 0 Å². The highest BCUT2D eigenvalue weighted by Crippen LogP contribution is 1.85. The highest BCUT2D eigenvalue weighted by atomic mass is 16.5. The van der Waals surface area contributed by atoms with Gasteiger partial charge in [0.05, 0.1) is 6.54 Å². The van der Waals surface area contributed by atoms with Crippen molar-refractivity contribution < 1.29 is 19.4 Å². The van der Waals surface area contributed by atoms with Gasteiger partial charge in [0, 0.05) is 13.0 Å². The number of nitrogens with one attached hydrogen (secondary N) is 1. The van der Waals surface area contributed by atoms with Crippen LogP contribution in [0.1, 0.15) is 19.8 Å². The summed E-state index contributed by atoms with van der Waals surface area (Å²) in [6, 6.07) is 0. The van der Waals surface area contributed by atoms with Gasteiger partial charge in [-0.2, -0.15) is 0 Å². The van der Waals surface area contributed by atoms with Gasteiger partial charge in [-0.1, -0.05) is 6.92 Å². The molecule has 82 valence electrons. The number of Topliss-reactive ketones (excluding diaryl/α,β-unsaturated/α-hetero) is 1. The van der Waals surface area contributed by atoms with E-state index in [9.17, 15) is 9.59 Å². The lowest BCUT2D eigenvalue weighted by atomic mass is 10.3. The molecule has 0 radical (unpaired) electrons. The second-order valence-corrected chi connectivity index (χ2v) is 2.87. The minimum Gasteiger partial charge on any atom is -0.480 e. The van der Waals surface area contributed by atoms with Crippen LogP contribution in [-0.2, 0) is 14.3 Å². The SMILES string of the molecule is CCC(=O)COCCCNCC(=O)O. The molecule has 0 aliphatic rings. The zero-order valence-corrected chi connectivity index (χ0v) is 8.41. The molecule has 0 saturated heterocycles. The van der Waals surface area contributed by atoms with Crippen molar-refractivity contribution in [2.75, 3.05) is 26.3 Å². The zero-order chi connectivity index (χ0) is 10.8. The summed E-state index contributed by atoms with van der Waals surface area (Å²) in [4.78, 5) is 20.8. The Kier molecular flexibility index (Phi) is 8.07. The van der Waals surface area contributed by atoms with Gasteiger partial charge >= 0.3 is 5.97 Å². The molecular formula is C9H17NO4. The Balaban J connectivity index is 3.06. The van der Waals surface area contributed by atoms with Gasteiger partial charge in [-0.05, 0) is 13.0 Å². The minimum atomic E-state index is -0.868. The van der Waals surface area contributed by atoms with Crippen LogP contribution < -0.4 is 5.32 Å². The second kappa shape index (κ2) is 8.65. The van der Waals surface area contributed by atoms with Crippen molar-refractivity contribution in [3.63, 3.8) is 0 Å². The first-order valence-electron chi connectivity index (χ1n) is 4.68. The van der Waals surface area contributed by atoms with E-state index in [0.29, 0.717) is 26.0 Å². The minimum absolute atomic E-state index is 0.0338. The van der Waals surface area contributed by atoms with E-state index in [1.165, 1.54) is 0 Å². The fourth-order valence-electron chi connectivity index (χ4n) is 0.783. The van der Waals surface area contributed by atoms with Gasteiger partial charge in [-0.3, -0.25) is 9.59 Å². The second-order valence-electron chi connectivity index (χ2n) is 2.87. The first-order valence-corrected chi connectivity index (χ1v) is 4.68. The zero-order valence-electron chi connectivity index (χ0n) is 8.41. The highest BCUT2D eigenvalue weighted by Gasteiger charge is 1.98. The lowest BCUT2D eigenvalue weighted by molar-refractivity contribution is -0.136. The summed E-state index contributed by atoms with van der Waals surface area (Å²) in [7, 11) is 0. The molecule has 0 unspecified atom stereocenters. The molecule has 0 rings (SSSR count). The van der Waals surface area contributed by atoms with Gasteiger partial charge in [-0.15, -0.1) is 0 Å². The Morgan fingerprint density at radius 3 is 2.71 bits per heavy atom. The number of hydrogen-bond donors (Lipinski definition) is 2. The average Bonchev–Trinajstić information content (AvgIpc) is 2.15. The number of ether oxygens (including phenoxy) is 1. The summed E-state index contributed by atoms with van der Waals surface area (Å²) in [6.07, 6.45) is 1.21. The third-order valence-corrected chi connectivity index (χ3v) is 1.58. The molecule has 0 aliphatic heterocycles. The molecule has 0 bridgehead atoms. The van der Waals surface area contributed by atoms with E-state index in [-0.39, 0.29) is 18.9 Å². The maximum Gasteiger partial charge on any atom is 0.317 e. The van der Waals surface area contributed by atoms with Crippen molar-refractivity contribution >= 4 is 11.8 Å². The van der Waals surface area contributed by atoms with Crippen LogP contribution in [0.25, 0.3) is 0 Å². The largest absolute Gasteiger partial charge is 0.480 e. The van der Waals surface area contributed by atoms with Crippen LogP contribution in [0.2, 0.25) is 0 Å². The molecular weight excluding hydrogens is 186 g/mol. The monoisotopic (exact) mass is 203 g/mol. The van der Waals surface area contributed by atoms with Crippen molar-refractivity contribution in [2.45, 2.75) is 19.8 Å². The van der Waals surface area contributed by atoms with Crippen LogP contribution >= 0.6 is 0 Å². The maximum absolute atomic E-state index is 10.8. The summed E-state index contributed by atoms with van der Waals surface area (Å²) >= 11 is 0. The van der Waals surface area contributed by atoms with E-state index in [2.05, 4.69) is 5.32 Å². The molecule has 0 spiro atoms. The number of aliphatic carboxylic acids is 1. The van der Waals surface area contributed by atoms with E-state index in [1.54, 1.807) is 6.92 Å². The molecule has 14 heavy (non-hydrogen) atoms. The fourth-order valence-corrected chi connectivity index (χ4v) is 0.783. The van der Waals surface area contributed by atoms with Crippen molar-refractivity contribution in [2.24, 2.45) is 0 Å². The molecule has 0 heterocycles. The maximum atomic E-state index is 10.8.